The number of Topliss-reactive ketones (excluding diaryl/α,β-unsaturated/α-hetero) is 1. The normalized spacial score (nSPS) is 37.4. The number of esters is 2. The number of aliphatic hydroxyl groups is 1. The zero-order valence-corrected chi connectivity index (χ0v) is 30.8. The average molecular weight is 647 g/mol. The molecule has 8 atom stereocenters. The molecule has 1 unspecified atom stereocenters. The van der Waals surface area contributed by atoms with E-state index < -0.39 is 72.2 Å². The third kappa shape index (κ3) is 7.20. The van der Waals surface area contributed by atoms with E-state index in [-0.39, 0.29) is 90.1 Å². The van der Waals surface area contributed by atoms with Crippen molar-refractivity contribution in [2.75, 3.05) is 6.61 Å². The zero-order chi connectivity index (χ0) is 31.2. The quantitative estimate of drug-likeness (QED) is 0.161. The molecule has 0 aliphatic heterocycles. The van der Waals surface area contributed by atoms with Crippen LogP contribution in [0.4, 0.5) is 4.39 Å². The van der Waals surface area contributed by atoms with Crippen LogP contribution in [0.15, 0.2) is 23.8 Å². The summed E-state index contributed by atoms with van der Waals surface area (Å²) in [5.74, 6) is -3.31. The fourth-order valence-electron chi connectivity index (χ4n) is 8.01. The van der Waals surface area contributed by atoms with Crippen LogP contribution in [0.3, 0.4) is 0 Å². The Balaban J connectivity index is 0.00000122. The first-order valence-corrected chi connectivity index (χ1v) is 15.3. The summed E-state index contributed by atoms with van der Waals surface area (Å²) in [6, 6.07) is 0. The molecular weight excluding hydrogens is 608 g/mol. The smallest absolute Gasteiger partial charge is 0.790 e. The van der Waals surface area contributed by atoms with Gasteiger partial charge in [-0.05, 0) is 50.7 Å². The van der Waals surface area contributed by atoms with Gasteiger partial charge in [-0.25, -0.2) is 4.39 Å². The predicted molar refractivity (Wildman–Crippen MR) is 138 cm³/mol. The van der Waals surface area contributed by atoms with Crippen molar-refractivity contribution in [3.05, 3.63) is 23.8 Å². The monoisotopic (exact) mass is 646 g/mol. The number of fused-ring (bicyclic) bond motifs is 5. The standard InChI is InChI=1S/C28H37FO7.2Na.H3O4P/c1-6-23(33)35-15-22(32)28(36-24(34)7-2)16(3)12-20-19-9-8-17-13-18(30)10-11-25(17,4)27(19,29)21(31)14-26(20,28)5;;;1-5(2,3)4/h10-11,13,16,19-21,31H,6-9,12,14-15H2,1-5H3;;;(H3,1,2,3,4)/q;2*+1;/p-2/t16-,19-,20-,21-,25-,26-,27?,28-;;;/m0.../s1. The molecule has 4 aliphatic carbocycles. The van der Waals surface area contributed by atoms with E-state index in [0.29, 0.717) is 24.8 Å². The minimum absolute atomic E-state index is 0. The third-order valence-corrected chi connectivity index (χ3v) is 9.81. The Kier molecular flexibility index (Phi) is 13.9. The van der Waals surface area contributed by atoms with Crippen LogP contribution in [0.25, 0.3) is 0 Å². The molecule has 11 nitrogen and oxygen atoms in total. The first-order valence-electron chi connectivity index (χ1n) is 13.8. The van der Waals surface area contributed by atoms with Crippen molar-refractivity contribution in [2.45, 2.75) is 90.5 Å². The second kappa shape index (κ2) is 14.7. The van der Waals surface area contributed by atoms with Crippen molar-refractivity contribution >= 4 is 31.3 Å². The fraction of sp³-hybridized carbons (Fsp3) is 0.714. The minimum atomic E-state index is -5.14. The van der Waals surface area contributed by atoms with Crippen LogP contribution in [0, 0.1) is 28.6 Å². The second-order valence-electron chi connectivity index (χ2n) is 11.9. The Hall–Kier alpha value is -0.240. The molecule has 0 spiro atoms. The van der Waals surface area contributed by atoms with Crippen molar-refractivity contribution in [2.24, 2.45) is 28.6 Å². The zero-order valence-electron chi connectivity index (χ0n) is 25.9. The molecular formula is C28H38FNa2O11P. The van der Waals surface area contributed by atoms with E-state index in [9.17, 15) is 24.3 Å². The van der Waals surface area contributed by atoms with Gasteiger partial charge >= 0.3 is 71.1 Å². The summed E-state index contributed by atoms with van der Waals surface area (Å²) in [6.45, 7) is 8.05. The summed E-state index contributed by atoms with van der Waals surface area (Å²) < 4.78 is 37.2. The molecule has 3 fully saturated rings. The van der Waals surface area contributed by atoms with Gasteiger partial charge in [-0.2, -0.15) is 0 Å². The van der Waals surface area contributed by atoms with Crippen LogP contribution in [0.5, 0.6) is 0 Å². The second-order valence-corrected chi connectivity index (χ2v) is 12.8. The summed E-state index contributed by atoms with van der Waals surface area (Å²) in [5, 5.41) is 11.5. The topological polar surface area (TPSA) is 190 Å². The van der Waals surface area contributed by atoms with Gasteiger partial charge in [0.2, 0.25) is 5.78 Å². The molecule has 0 aromatic rings. The van der Waals surface area contributed by atoms with Crippen molar-refractivity contribution in [1.29, 1.82) is 0 Å². The molecule has 0 bridgehead atoms. The summed E-state index contributed by atoms with van der Waals surface area (Å²) in [5.41, 5.74) is -5.26. The van der Waals surface area contributed by atoms with Crippen molar-refractivity contribution in [1.82, 2.24) is 0 Å². The molecule has 0 aromatic heterocycles. The van der Waals surface area contributed by atoms with E-state index in [1.165, 1.54) is 12.2 Å². The van der Waals surface area contributed by atoms with E-state index in [0.717, 1.165) is 0 Å². The number of alkyl halides is 1. The maximum Gasteiger partial charge on any atom is 1.00 e. The largest absolute Gasteiger partial charge is 1.00 e. The molecule has 0 saturated heterocycles. The number of ether oxygens (including phenoxy) is 2. The van der Waals surface area contributed by atoms with Crippen LogP contribution in [-0.2, 0) is 33.2 Å². The fourth-order valence-corrected chi connectivity index (χ4v) is 8.01. The molecule has 15 heteroatoms. The average Bonchev–Trinajstić information content (AvgIpc) is 3.09. The maximum atomic E-state index is 17.4. The third-order valence-electron chi connectivity index (χ3n) is 9.81. The summed E-state index contributed by atoms with van der Waals surface area (Å²) >= 11 is 0. The van der Waals surface area contributed by atoms with E-state index >= 15 is 4.39 Å². The number of hydrogen-bond donors (Lipinski definition) is 2. The van der Waals surface area contributed by atoms with Gasteiger partial charge in [-0.1, -0.05) is 39.3 Å². The molecule has 0 heterocycles. The molecule has 0 amide bonds. The SMILES string of the molecule is CCC(=O)OCC(=O)[C@@]1(OC(=O)CC)[C@@H](C)C[C@H]2[C@@H]3CCC4=CC(=O)C=C[C@]4(C)C3(F)[C@@H](O)C[C@@]21C.O=P([O-])([O-])O.[Na+].[Na+]. The number of ketones is 2. The van der Waals surface area contributed by atoms with E-state index in [1.807, 2.05) is 6.92 Å². The van der Waals surface area contributed by atoms with Crippen LogP contribution >= 0.6 is 7.82 Å². The van der Waals surface area contributed by atoms with Crippen LogP contribution in [-0.4, -0.2) is 57.5 Å². The van der Waals surface area contributed by atoms with Gasteiger partial charge in [-0.3, -0.25) is 19.2 Å². The van der Waals surface area contributed by atoms with Crippen LogP contribution in [0.2, 0.25) is 0 Å². The van der Waals surface area contributed by atoms with Gasteiger partial charge < -0.3 is 33.8 Å². The number of hydrogen-bond acceptors (Lipinski definition) is 10. The van der Waals surface area contributed by atoms with Gasteiger partial charge in [0.15, 0.2) is 23.7 Å². The molecule has 3 saturated carbocycles. The van der Waals surface area contributed by atoms with Gasteiger partial charge in [0, 0.05) is 35.5 Å². The molecule has 4 rings (SSSR count). The van der Waals surface area contributed by atoms with Gasteiger partial charge in [0.1, 0.15) is 0 Å². The number of aliphatic hydroxyl groups excluding tert-OH is 1. The summed E-state index contributed by atoms with van der Waals surface area (Å²) in [7, 11) is -5.14. The number of rotatable bonds is 6. The first-order chi connectivity index (χ1) is 18.8. The van der Waals surface area contributed by atoms with Crippen molar-refractivity contribution in [3.63, 3.8) is 0 Å². The van der Waals surface area contributed by atoms with E-state index in [2.05, 4.69) is 0 Å². The molecule has 43 heavy (non-hydrogen) atoms. The van der Waals surface area contributed by atoms with E-state index in [4.69, 9.17) is 28.7 Å². The van der Waals surface area contributed by atoms with Gasteiger partial charge in [-0.15, -0.1) is 0 Å². The molecule has 0 radical (unpaired) electrons. The predicted octanol–water partition coefficient (Wildman–Crippen LogP) is -4.37. The molecule has 0 aromatic carbocycles. The van der Waals surface area contributed by atoms with Crippen LogP contribution < -0.4 is 68.9 Å². The molecule has 230 valence electrons. The van der Waals surface area contributed by atoms with Crippen LogP contribution in [0.1, 0.15) is 73.1 Å². The minimum Gasteiger partial charge on any atom is -0.790 e. The number of carbonyl (C=O) groups is 4. The van der Waals surface area contributed by atoms with Crippen molar-refractivity contribution < 1.29 is 117 Å². The van der Waals surface area contributed by atoms with Gasteiger partial charge in [0.25, 0.3) is 0 Å². The number of phosphoric acid groups is 1. The Labute approximate surface area is 295 Å². The van der Waals surface area contributed by atoms with Crippen molar-refractivity contribution in [3.8, 4) is 0 Å². The first kappa shape index (κ1) is 40.8. The van der Waals surface area contributed by atoms with Gasteiger partial charge in [0.05, 0.1) is 13.9 Å². The number of halogens is 1. The maximum absolute atomic E-state index is 17.4. The molecule has 4 aliphatic rings. The van der Waals surface area contributed by atoms with E-state index in [1.54, 1.807) is 33.8 Å². The summed E-state index contributed by atoms with van der Waals surface area (Å²) in [6.07, 6.45) is 4.32. The number of carbonyl (C=O) groups excluding carboxylic acids is 4. The number of allylic oxidation sites excluding steroid dienone is 4. The Morgan fingerprint density at radius 3 is 2.21 bits per heavy atom. The Bertz CT molecular complexity index is 1210. The summed E-state index contributed by atoms with van der Waals surface area (Å²) in [4.78, 5) is 74.6. The Morgan fingerprint density at radius 1 is 1.12 bits per heavy atom. The molecule has 2 N–H and O–H groups in total. The Morgan fingerprint density at radius 2 is 1.67 bits per heavy atom.